The molecule has 0 saturated heterocycles. The van der Waals surface area contributed by atoms with Crippen molar-refractivity contribution in [3.8, 4) is 0 Å². The molecule has 0 aromatic rings. The molecule has 0 amide bonds. The number of hydrogen-bond donors (Lipinski definition) is 0. The van der Waals surface area contributed by atoms with E-state index in [0.717, 1.165) is 0 Å². The first-order valence-electron chi connectivity index (χ1n) is 0.730. The molecule has 0 spiro atoms. The van der Waals surface area contributed by atoms with E-state index >= 15 is 0 Å². The van der Waals surface area contributed by atoms with Crippen LogP contribution in [0.4, 0.5) is 0 Å². The quantitative estimate of drug-likeness (QED) is 0.382. The Bertz CT molecular complexity index is 57.8. The van der Waals surface area contributed by atoms with Gasteiger partial charge >= 0.3 is 26.2 Å². The Labute approximate surface area is 65.7 Å². The van der Waals surface area contributed by atoms with Gasteiger partial charge in [-0.15, -0.1) is 0 Å². The average Bonchev–Trinajstić information content (AvgIpc) is 0.722. The molecular formula is ClO4PZr. The molecule has 0 radical (unpaired) electrons. The van der Waals surface area contributed by atoms with Gasteiger partial charge in [0.05, 0.1) is 0 Å². The summed E-state index contributed by atoms with van der Waals surface area (Å²) in [6.07, 6.45) is 0. The van der Waals surface area contributed by atoms with E-state index in [1.54, 1.807) is 0 Å². The normalized spacial score (nSPS) is 8.43. The molecule has 0 aromatic carbocycles. The second-order valence-corrected chi connectivity index (χ2v) is 1.34. The van der Waals surface area contributed by atoms with Crippen molar-refractivity contribution in [1.29, 1.82) is 0 Å². The minimum Gasteiger partial charge on any atom is -1.00 e. The summed E-state index contributed by atoms with van der Waals surface area (Å²) in [6, 6.07) is 0. The fourth-order valence-corrected chi connectivity index (χ4v) is 0. The first-order chi connectivity index (χ1) is 2.00. The van der Waals surface area contributed by atoms with Crippen LogP contribution >= 0.6 is 7.82 Å². The molecule has 7 heteroatoms. The Balaban J connectivity index is -0.0000000800. The summed E-state index contributed by atoms with van der Waals surface area (Å²) in [6.45, 7) is 0. The van der Waals surface area contributed by atoms with Crippen LogP contribution in [0.15, 0.2) is 0 Å². The Morgan fingerprint density at radius 1 is 1.14 bits per heavy atom. The molecule has 0 aliphatic rings. The maximum Gasteiger partial charge on any atom is 4.00 e. The van der Waals surface area contributed by atoms with Gasteiger partial charge in [0.15, 0.2) is 0 Å². The van der Waals surface area contributed by atoms with Gasteiger partial charge < -0.3 is 31.7 Å². The van der Waals surface area contributed by atoms with E-state index in [2.05, 4.69) is 0 Å². The largest absolute Gasteiger partial charge is 4.00 e. The smallest absolute Gasteiger partial charge is 1.00 e. The molecule has 4 nitrogen and oxygen atoms in total. The van der Waals surface area contributed by atoms with Crippen molar-refractivity contribution < 1.29 is 57.9 Å². The third-order valence-corrected chi connectivity index (χ3v) is 0. The third kappa shape index (κ3) is 123. The SMILES string of the molecule is O=P([O-])([O-])[O-].[Cl-].[Zr+4]. The zero-order chi connectivity index (χ0) is 4.50. The van der Waals surface area contributed by atoms with Crippen molar-refractivity contribution in [2.24, 2.45) is 0 Å². The number of rotatable bonds is 0. The molecule has 7 heavy (non-hydrogen) atoms. The van der Waals surface area contributed by atoms with Crippen LogP contribution in [0, 0.1) is 0 Å². The summed E-state index contributed by atoms with van der Waals surface area (Å²) in [7, 11) is -5.39. The van der Waals surface area contributed by atoms with Crippen LogP contribution in [-0.2, 0) is 30.8 Å². The predicted octanol–water partition coefficient (Wildman–Crippen LogP) is -5.82. The molecule has 40 valence electrons. The topological polar surface area (TPSA) is 86.2 Å². The molecular weight excluding hydrogens is 222 g/mol. The molecule has 0 rings (SSSR count). The van der Waals surface area contributed by atoms with Crippen molar-refractivity contribution in [3.63, 3.8) is 0 Å². The molecule has 0 N–H and O–H groups in total. The van der Waals surface area contributed by atoms with Crippen LogP contribution < -0.4 is 27.1 Å². The van der Waals surface area contributed by atoms with Gasteiger partial charge in [0.1, 0.15) is 0 Å². The Kier molecular flexibility index (Phi) is 12.2. The molecule has 0 aliphatic heterocycles. The van der Waals surface area contributed by atoms with Crippen molar-refractivity contribution in [2.45, 2.75) is 0 Å². The van der Waals surface area contributed by atoms with Gasteiger partial charge in [0.25, 0.3) is 0 Å². The molecule has 0 atom stereocenters. The summed E-state index contributed by atoms with van der Waals surface area (Å²) in [5.74, 6) is 0. The minimum atomic E-state index is -5.39. The molecule has 0 saturated carbocycles. The van der Waals surface area contributed by atoms with Gasteiger partial charge in [-0.1, -0.05) is 0 Å². The summed E-state index contributed by atoms with van der Waals surface area (Å²) in [5, 5.41) is 0. The number of hydrogen-bond acceptors (Lipinski definition) is 4. The minimum absolute atomic E-state index is 0. The Morgan fingerprint density at radius 3 is 1.14 bits per heavy atom. The zero-order valence-electron chi connectivity index (χ0n) is 2.96. The monoisotopic (exact) mass is 220 g/mol. The fraction of sp³-hybridized carbons (Fsp3) is 0. The van der Waals surface area contributed by atoms with E-state index in [-0.39, 0.29) is 38.6 Å². The van der Waals surface area contributed by atoms with E-state index in [1.807, 2.05) is 0 Å². The van der Waals surface area contributed by atoms with Gasteiger partial charge in [-0.2, -0.15) is 7.82 Å². The Hall–Kier alpha value is 1.28. The van der Waals surface area contributed by atoms with Gasteiger partial charge in [0.2, 0.25) is 0 Å². The number of halogens is 1. The third-order valence-electron chi connectivity index (χ3n) is 0. The summed E-state index contributed by atoms with van der Waals surface area (Å²) in [5.41, 5.74) is 0. The van der Waals surface area contributed by atoms with Crippen molar-refractivity contribution >= 4 is 7.82 Å². The maximum absolute atomic E-state index is 8.55. The van der Waals surface area contributed by atoms with Gasteiger partial charge in [-0.3, -0.25) is 0 Å². The van der Waals surface area contributed by atoms with E-state index in [0.29, 0.717) is 0 Å². The predicted molar refractivity (Wildman–Crippen MR) is 7.61 cm³/mol. The maximum atomic E-state index is 8.55. The molecule has 0 bridgehead atoms. The first-order valence-corrected chi connectivity index (χ1v) is 2.19. The second kappa shape index (κ2) is 5.42. The number of phosphoric acid groups is 1. The van der Waals surface area contributed by atoms with Gasteiger partial charge in [-0.05, 0) is 0 Å². The molecule has 0 aromatic heterocycles. The van der Waals surface area contributed by atoms with Gasteiger partial charge in [0, 0.05) is 0 Å². The van der Waals surface area contributed by atoms with E-state index < -0.39 is 7.82 Å². The van der Waals surface area contributed by atoms with Crippen LogP contribution in [-0.4, -0.2) is 0 Å². The van der Waals surface area contributed by atoms with Crippen LogP contribution in [0.1, 0.15) is 0 Å². The summed E-state index contributed by atoms with van der Waals surface area (Å²) >= 11 is 0. The van der Waals surface area contributed by atoms with E-state index in [9.17, 15) is 0 Å². The Morgan fingerprint density at radius 2 is 1.14 bits per heavy atom. The van der Waals surface area contributed by atoms with Crippen LogP contribution in [0.5, 0.6) is 0 Å². The van der Waals surface area contributed by atoms with E-state index in [4.69, 9.17) is 19.2 Å². The van der Waals surface area contributed by atoms with Crippen LogP contribution in [0.3, 0.4) is 0 Å². The molecule has 0 fully saturated rings. The van der Waals surface area contributed by atoms with Crippen LogP contribution in [0.25, 0.3) is 0 Å². The van der Waals surface area contributed by atoms with Crippen molar-refractivity contribution in [3.05, 3.63) is 0 Å². The summed E-state index contributed by atoms with van der Waals surface area (Å²) < 4.78 is 8.55. The molecule has 0 unspecified atom stereocenters. The average molecular weight is 222 g/mol. The molecule has 0 heterocycles. The summed E-state index contributed by atoms with van der Waals surface area (Å²) in [4.78, 5) is 25.6. The zero-order valence-corrected chi connectivity index (χ0v) is 7.07. The second-order valence-electron chi connectivity index (χ2n) is 0.447. The molecule has 0 aliphatic carbocycles. The van der Waals surface area contributed by atoms with E-state index in [1.165, 1.54) is 0 Å². The van der Waals surface area contributed by atoms with Gasteiger partial charge in [-0.25, -0.2) is 0 Å². The van der Waals surface area contributed by atoms with Crippen molar-refractivity contribution in [2.75, 3.05) is 0 Å². The fourth-order valence-electron chi connectivity index (χ4n) is 0. The standard InChI is InChI=1S/ClH.H3O4P.Zr/c;1-5(2,3)4;/h1H;(H3,1,2,3,4);/q;;+4/p-4. The first kappa shape index (κ1) is 15.7. The van der Waals surface area contributed by atoms with Crippen molar-refractivity contribution in [1.82, 2.24) is 0 Å². The van der Waals surface area contributed by atoms with Crippen LogP contribution in [0.2, 0.25) is 0 Å².